The van der Waals surface area contributed by atoms with E-state index < -0.39 is 0 Å². The minimum absolute atomic E-state index is 0.549. The van der Waals surface area contributed by atoms with Crippen molar-refractivity contribution in [1.29, 1.82) is 0 Å². The molecule has 0 spiro atoms. The molecule has 0 amide bonds. The van der Waals surface area contributed by atoms with E-state index in [0.717, 1.165) is 37.2 Å². The zero-order valence-electron chi connectivity index (χ0n) is 16.2. The van der Waals surface area contributed by atoms with Gasteiger partial charge in [-0.1, -0.05) is 44.1 Å². The highest BCUT2D eigenvalue weighted by atomic mass is 16.5. The third-order valence-electron chi connectivity index (χ3n) is 6.29. The lowest BCUT2D eigenvalue weighted by atomic mass is 9.70. The molecule has 0 aromatic carbocycles. The molecule has 0 saturated heterocycles. The first-order valence-corrected chi connectivity index (χ1v) is 10.7. The zero-order valence-corrected chi connectivity index (χ0v) is 16.2. The summed E-state index contributed by atoms with van der Waals surface area (Å²) in [6.45, 7) is 5.25. The largest absolute Gasteiger partial charge is 0.378 e. The van der Waals surface area contributed by atoms with E-state index in [9.17, 15) is 0 Å². The zero-order chi connectivity index (χ0) is 17.0. The van der Waals surface area contributed by atoms with Crippen LogP contribution in [0.5, 0.6) is 0 Å². The van der Waals surface area contributed by atoms with Crippen molar-refractivity contribution in [1.82, 2.24) is 0 Å². The van der Waals surface area contributed by atoms with Crippen LogP contribution >= 0.6 is 0 Å². The van der Waals surface area contributed by atoms with Crippen molar-refractivity contribution in [3.8, 4) is 0 Å². The van der Waals surface area contributed by atoms with Crippen LogP contribution < -0.4 is 0 Å². The molecular formula is C23H40O. The van der Waals surface area contributed by atoms with Gasteiger partial charge in [0.05, 0.1) is 12.7 Å². The van der Waals surface area contributed by atoms with E-state index in [1.165, 1.54) is 64.2 Å². The lowest BCUT2D eigenvalue weighted by Crippen LogP contribution is -2.28. The summed E-state index contributed by atoms with van der Waals surface area (Å²) in [5.74, 6) is 3.03. The van der Waals surface area contributed by atoms with Crippen molar-refractivity contribution >= 4 is 0 Å². The predicted molar refractivity (Wildman–Crippen MR) is 105 cm³/mol. The quantitative estimate of drug-likeness (QED) is 0.324. The molecule has 1 nitrogen and oxygen atoms in total. The summed E-state index contributed by atoms with van der Waals surface area (Å²) in [5.41, 5.74) is 0. The highest BCUT2D eigenvalue weighted by molar-refractivity contribution is 4.84. The molecule has 1 heteroatoms. The van der Waals surface area contributed by atoms with Crippen LogP contribution in [0.2, 0.25) is 0 Å². The monoisotopic (exact) mass is 332 g/mol. The summed E-state index contributed by atoms with van der Waals surface area (Å²) in [6, 6.07) is 0. The number of hydrogen-bond acceptors (Lipinski definition) is 1. The second-order valence-corrected chi connectivity index (χ2v) is 8.00. The van der Waals surface area contributed by atoms with Crippen LogP contribution in [-0.2, 0) is 4.74 Å². The molecule has 138 valence electrons. The molecule has 0 aromatic heterocycles. The van der Waals surface area contributed by atoms with Crippen molar-refractivity contribution in [3.63, 3.8) is 0 Å². The average Bonchev–Trinajstić information content (AvgIpc) is 2.63. The van der Waals surface area contributed by atoms with Gasteiger partial charge in [0.1, 0.15) is 0 Å². The Morgan fingerprint density at radius 1 is 0.792 bits per heavy atom. The Morgan fingerprint density at radius 3 is 2.08 bits per heavy atom. The molecule has 0 N–H and O–H groups in total. The Bertz CT molecular complexity index is 354. The van der Waals surface area contributed by atoms with Crippen molar-refractivity contribution < 1.29 is 4.74 Å². The van der Waals surface area contributed by atoms with Crippen molar-refractivity contribution in [2.24, 2.45) is 17.8 Å². The third kappa shape index (κ3) is 7.13. The summed E-state index contributed by atoms with van der Waals surface area (Å²) in [6.07, 6.45) is 26.0. The number of hydrogen-bond donors (Lipinski definition) is 0. The van der Waals surface area contributed by atoms with E-state index in [-0.39, 0.29) is 0 Å². The minimum atomic E-state index is 0.549. The molecule has 0 atom stereocenters. The Hall–Kier alpha value is -0.560. The van der Waals surface area contributed by atoms with Gasteiger partial charge in [0, 0.05) is 0 Å². The van der Waals surface area contributed by atoms with Gasteiger partial charge in [-0.25, -0.2) is 0 Å². The van der Waals surface area contributed by atoms with Gasteiger partial charge in [-0.15, -0.1) is 0 Å². The molecule has 0 aromatic rings. The molecule has 2 rings (SSSR count). The summed E-state index contributed by atoms with van der Waals surface area (Å²) < 4.78 is 6.08. The maximum Gasteiger partial charge on any atom is 0.0575 e. The van der Waals surface area contributed by atoms with Crippen LogP contribution in [0.15, 0.2) is 24.3 Å². The van der Waals surface area contributed by atoms with Crippen molar-refractivity contribution in [2.75, 3.05) is 6.61 Å². The standard InChI is InChI=1S/C23H40O/c1-3-5-7-9-19-24-23-17-15-22(16-18-23)21-13-11-20(12-14-21)10-8-6-4-2/h4-7,20-23H,3,8-19H2,1-2H3. The summed E-state index contributed by atoms with van der Waals surface area (Å²) in [5, 5.41) is 0. The van der Waals surface area contributed by atoms with E-state index in [1.807, 2.05) is 0 Å². The summed E-state index contributed by atoms with van der Waals surface area (Å²) in [4.78, 5) is 0. The molecule has 0 unspecified atom stereocenters. The first kappa shape index (κ1) is 19.8. The van der Waals surface area contributed by atoms with E-state index in [4.69, 9.17) is 4.74 Å². The highest BCUT2D eigenvalue weighted by Crippen LogP contribution is 2.41. The SMILES string of the molecule is CC=CCCC1CCC(C2CCC(OCCC=CCC)CC2)CC1. The second kappa shape index (κ2) is 11.9. The second-order valence-electron chi connectivity index (χ2n) is 8.00. The van der Waals surface area contributed by atoms with Gasteiger partial charge in [-0.05, 0) is 88.9 Å². The van der Waals surface area contributed by atoms with Crippen molar-refractivity contribution in [3.05, 3.63) is 24.3 Å². The van der Waals surface area contributed by atoms with Crippen LogP contribution in [0.1, 0.15) is 90.9 Å². The van der Waals surface area contributed by atoms with E-state index in [0.29, 0.717) is 6.10 Å². The summed E-state index contributed by atoms with van der Waals surface area (Å²) in [7, 11) is 0. The van der Waals surface area contributed by atoms with E-state index in [1.54, 1.807) is 0 Å². The normalized spacial score (nSPS) is 31.9. The van der Waals surface area contributed by atoms with Gasteiger partial charge in [-0.2, -0.15) is 0 Å². The fourth-order valence-corrected chi connectivity index (χ4v) is 4.76. The molecule has 0 heterocycles. The van der Waals surface area contributed by atoms with E-state index in [2.05, 4.69) is 38.2 Å². The van der Waals surface area contributed by atoms with Crippen LogP contribution in [0.25, 0.3) is 0 Å². The van der Waals surface area contributed by atoms with Gasteiger partial charge in [-0.3, -0.25) is 0 Å². The fraction of sp³-hybridized carbons (Fsp3) is 0.826. The molecule has 0 aliphatic heterocycles. The predicted octanol–water partition coefficient (Wildman–Crippen LogP) is 7.08. The smallest absolute Gasteiger partial charge is 0.0575 e. The van der Waals surface area contributed by atoms with Gasteiger partial charge < -0.3 is 4.74 Å². The van der Waals surface area contributed by atoms with Gasteiger partial charge in [0.15, 0.2) is 0 Å². The molecule has 0 radical (unpaired) electrons. The first-order chi connectivity index (χ1) is 11.8. The number of rotatable bonds is 9. The number of ether oxygens (including phenoxy) is 1. The van der Waals surface area contributed by atoms with Crippen LogP contribution in [0.4, 0.5) is 0 Å². The molecule has 2 aliphatic rings. The van der Waals surface area contributed by atoms with Crippen molar-refractivity contribution in [2.45, 2.75) is 97.0 Å². The van der Waals surface area contributed by atoms with Crippen LogP contribution in [0, 0.1) is 17.8 Å². The average molecular weight is 333 g/mol. The van der Waals surface area contributed by atoms with Gasteiger partial charge in [0.25, 0.3) is 0 Å². The Balaban J connectivity index is 1.57. The van der Waals surface area contributed by atoms with Crippen LogP contribution in [-0.4, -0.2) is 12.7 Å². The molecule has 0 bridgehead atoms. The van der Waals surface area contributed by atoms with Gasteiger partial charge in [0.2, 0.25) is 0 Å². The maximum atomic E-state index is 6.08. The van der Waals surface area contributed by atoms with Crippen LogP contribution in [0.3, 0.4) is 0 Å². The molecular weight excluding hydrogens is 292 g/mol. The fourth-order valence-electron chi connectivity index (χ4n) is 4.76. The van der Waals surface area contributed by atoms with Gasteiger partial charge >= 0.3 is 0 Å². The lowest BCUT2D eigenvalue weighted by molar-refractivity contribution is 0.00912. The highest BCUT2D eigenvalue weighted by Gasteiger charge is 2.30. The third-order valence-corrected chi connectivity index (χ3v) is 6.29. The Morgan fingerprint density at radius 2 is 1.46 bits per heavy atom. The maximum absolute atomic E-state index is 6.08. The first-order valence-electron chi connectivity index (χ1n) is 10.7. The molecule has 2 fully saturated rings. The number of allylic oxidation sites excluding steroid dienone is 3. The molecule has 2 aliphatic carbocycles. The Labute approximate surface area is 150 Å². The lowest BCUT2D eigenvalue weighted by Gasteiger charge is -2.37. The Kier molecular flexibility index (Phi) is 9.80. The minimum Gasteiger partial charge on any atom is -0.378 e. The topological polar surface area (TPSA) is 9.23 Å². The van der Waals surface area contributed by atoms with E-state index >= 15 is 0 Å². The molecule has 24 heavy (non-hydrogen) atoms. The summed E-state index contributed by atoms with van der Waals surface area (Å²) >= 11 is 0. The molecule has 2 saturated carbocycles.